The summed E-state index contributed by atoms with van der Waals surface area (Å²) in [5, 5.41) is 11.4. The smallest absolute Gasteiger partial charge is 0.268 e. The standard InChI is InChI=1S/C14H22N2O3/c1-4-6-11-12(10(3)18)9(2)16-13(11)14(19)15-7-5-8-17/h16-17H,4-8H2,1-3H3,(H,15,19). The lowest BCUT2D eigenvalue weighted by Crippen LogP contribution is -2.26. The molecule has 19 heavy (non-hydrogen) atoms. The molecule has 0 aromatic carbocycles. The summed E-state index contributed by atoms with van der Waals surface area (Å²) in [4.78, 5) is 26.8. The van der Waals surface area contributed by atoms with Crippen LogP contribution in [0.3, 0.4) is 0 Å². The Balaban J connectivity index is 3.02. The molecular weight excluding hydrogens is 244 g/mol. The van der Waals surface area contributed by atoms with E-state index in [4.69, 9.17) is 5.11 Å². The number of H-pyrrole nitrogens is 1. The number of aromatic nitrogens is 1. The second-order valence-corrected chi connectivity index (χ2v) is 4.62. The fourth-order valence-corrected chi connectivity index (χ4v) is 2.22. The molecule has 0 atom stereocenters. The second kappa shape index (κ2) is 7.09. The molecule has 106 valence electrons. The summed E-state index contributed by atoms with van der Waals surface area (Å²) in [6.07, 6.45) is 2.09. The van der Waals surface area contributed by atoms with Crippen LogP contribution in [-0.4, -0.2) is 34.9 Å². The summed E-state index contributed by atoms with van der Waals surface area (Å²) in [6, 6.07) is 0. The van der Waals surface area contributed by atoms with E-state index in [9.17, 15) is 9.59 Å². The highest BCUT2D eigenvalue weighted by atomic mass is 16.3. The van der Waals surface area contributed by atoms with Gasteiger partial charge in [0.1, 0.15) is 5.69 Å². The molecule has 5 heteroatoms. The maximum absolute atomic E-state index is 12.1. The summed E-state index contributed by atoms with van der Waals surface area (Å²) in [6.45, 7) is 5.81. The molecule has 0 aliphatic carbocycles. The van der Waals surface area contributed by atoms with Crippen molar-refractivity contribution in [1.29, 1.82) is 0 Å². The lowest BCUT2D eigenvalue weighted by Gasteiger charge is -2.06. The van der Waals surface area contributed by atoms with Crippen LogP contribution in [0, 0.1) is 6.92 Å². The molecule has 0 aliphatic heterocycles. The third-order valence-electron chi connectivity index (χ3n) is 2.99. The van der Waals surface area contributed by atoms with Crippen LogP contribution in [0.1, 0.15) is 58.8 Å². The second-order valence-electron chi connectivity index (χ2n) is 4.62. The first-order chi connectivity index (χ1) is 9.02. The summed E-state index contributed by atoms with van der Waals surface area (Å²) in [5.41, 5.74) is 2.65. The number of nitrogens with one attached hydrogen (secondary N) is 2. The SMILES string of the molecule is CCCc1c(C(=O)NCCCO)[nH]c(C)c1C(C)=O. The highest BCUT2D eigenvalue weighted by Crippen LogP contribution is 2.21. The van der Waals surface area contributed by atoms with Crippen LogP contribution in [0.4, 0.5) is 0 Å². The average molecular weight is 266 g/mol. The van der Waals surface area contributed by atoms with Gasteiger partial charge in [-0.15, -0.1) is 0 Å². The molecule has 1 aromatic heterocycles. The van der Waals surface area contributed by atoms with Crippen molar-refractivity contribution >= 4 is 11.7 Å². The molecule has 0 fully saturated rings. The molecule has 1 amide bonds. The first-order valence-electron chi connectivity index (χ1n) is 6.64. The number of carbonyl (C=O) groups is 2. The zero-order valence-electron chi connectivity index (χ0n) is 11.8. The fraction of sp³-hybridized carbons (Fsp3) is 0.571. The minimum Gasteiger partial charge on any atom is -0.396 e. The van der Waals surface area contributed by atoms with E-state index in [1.807, 2.05) is 6.92 Å². The van der Waals surface area contributed by atoms with Crippen molar-refractivity contribution in [3.63, 3.8) is 0 Å². The van der Waals surface area contributed by atoms with E-state index >= 15 is 0 Å². The fourth-order valence-electron chi connectivity index (χ4n) is 2.22. The number of hydrogen-bond donors (Lipinski definition) is 3. The third kappa shape index (κ3) is 3.67. The molecule has 3 N–H and O–H groups in total. The third-order valence-corrected chi connectivity index (χ3v) is 2.99. The van der Waals surface area contributed by atoms with Crippen LogP contribution >= 0.6 is 0 Å². The van der Waals surface area contributed by atoms with Gasteiger partial charge in [0.25, 0.3) is 5.91 Å². The van der Waals surface area contributed by atoms with Gasteiger partial charge in [0.15, 0.2) is 5.78 Å². The molecule has 0 saturated carbocycles. The number of ketones is 1. The number of aliphatic hydroxyl groups excluding tert-OH is 1. The van der Waals surface area contributed by atoms with E-state index in [-0.39, 0.29) is 18.3 Å². The number of aliphatic hydroxyl groups is 1. The predicted molar refractivity (Wildman–Crippen MR) is 73.6 cm³/mol. The number of amides is 1. The van der Waals surface area contributed by atoms with E-state index < -0.39 is 0 Å². The minimum atomic E-state index is -0.215. The molecule has 1 aromatic rings. The molecular formula is C14H22N2O3. The van der Waals surface area contributed by atoms with Crippen molar-refractivity contribution in [3.8, 4) is 0 Å². The van der Waals surface area contributed by atoms with E-state index in [0.29, 0.717) is 30.6 Å². The van der Waals surface area contributed by atoms with Gasteiger partial charge in [-0.2, -0.15) is 0 Å². The normalized spacial score (nSPS) is 10.5. The highest BCUT2D eigenvalue weighted by Gasteiger charge is 2.21. The molecule has 0 saturated heterocycles. The van der Waals surface area contributed by atoms with Crippen molar-refractivity contribution in [2.45, 2.75) is 40.0 Å². The predicted octanol–water partition coefficient (Wildman–Crippen LogP) is 1.59. The monoisotopic (exact) mass is 266 g/mol. The molecule has 0 radical (unpaired) electrons. The molecule has 1 heterocycles. The highest BCUT2D eigenvalue weighted by molar-refractivity contribution is 6.02. The van der Waals surface area contributed by atoms with Gasteiger partial charge in [0.2, 0.25) is 0 Å². The Labute approximate surface area is 113 Å². The summed E-state index contributed by atoms with van der Waals surface area (Å²) < 4.78 is 0. The van der Waals surface area contributed by atoms with Crippen molar-refractivity contribution in [3.05, 3.63) is 22.5 Å². The van der Waals surface area contributed by atoms with Crippen LogP contribution in [0.2, 0.25) is 0 Å². The number of hydrogen-bond acceptors (Lipinski definition) is 3. The first-order valence-corrected chi connectivity index (χ1v) is 6.64. The van der Waals surface area contributed by atoms with Gasteiger partial charge >= 0.3 is 0 Å². The van der Waals surface area contributed by atoms with Crippen molar-refractivity contribution in [2.24, 2.45) is 0 Å². The number of aryl methyl sites for hydroxylation is 1. The number of carbonyl (C=O) groups excluding carboxylic acids is 2. The van der Waals surface area contributed by atoms with Crippen LogP contribution in [0.15, 0.2) is 0 Å². The maximum atomic E-state index is 12.1. The van der Waals surface area contributed by atoms with Crippen LogP contribution in [0.25, 0.3) is 0 Å². The van der Waals surface area contributed by atoms with Gasteiger partial charge in [-0.3, -0.25) is 9.59 Å². The molecule has 0 spiro atoms. The Morgan fingerprint density at radius 1 is 1.37 bits per heavy atom. The van der Waals surface area contributed by atoms with E-state index in [0.717, 1.165) is 17.7 Å². The topological polar surface area (TPSA) is 82.2 Å². The minimum absolute atomic E-state index is 0.0217. The zero-order valence-corrected chi connectivity index (χ0v) is 11.8. The van der Waals surface area contributed by atoms with Crippen molar-refractivity contribution in [1.82, 2.24) is 10.3 Å². The van der Waals surface area contributed by atoms with Crippen LogP contribution in [-0.2, 0) is 6.42 Å². The Kier molecular flexibility index (Phi) is 5.76. The van der Waals surface area contributed by atoms with E-state index in [2.05, 4.69) is 10.3 Å². The lowest BCUT2D eigenvalue weighted by molar-refractivity contribution is 0.0945. The molecule has 0 bridgehead atoms. The molecule has 0 unspecified atom stereocenters. The van der Waals surface area contributed by atoms with Crippen molar-refractivity contribution < 1.29 is 14.7 Å². The Morgan fingerprint density at radius 3 is 2.58 bits per heavy atom. The van der Waals surface area contributed by atoms with Crippen molar-refractivity contribution in [2.75, 3.05) is 13.2 Å². The van der Waals surface area contributed by atoms with Crippen LogP contribution < -0.4 is 5.32 Å². The zero-order chi connectivity index (χ0) is 14.4. The quantitative estimate of drug-likeness (QED) is 0.518. The lowest BCUT2D eigenvalue weighted by atomic mass is 10.0. The van der Waals surface area contributed by atoms with Crippen LogP contribution in [0.5, 0.6) is 0 Å². The van der Waals surface area contributed by atoms with E-state index in [1.54, 1.807) is 6.92 Å². The van der Waals surface area contributed by atoms with Gasteiger partial charge in [-0.25, -0.2) is 0 Å². The molecule has 5 nitrogen and oxygen atoms in total. The summed E-state index contributed by atoms with van der Waals surface area (Å²) >= 11 is 0. The number of aromatic amines is 1. The maximum Gasteiger partial charge on any atom is 0.268 e. The van der Waals surface area contributed by atoms with Gasteiger partial charge < -0.3 is 15.4 Å². The Hall–Kier alpha value is -1.62. The average Bonchev–Trinajstić information content (AvgIpc) is 2.67. The van der Waals surface area contributed by atoms with Gasteiger partial charge in [0, 0.05) is 24.4 Å². The van der Waals surface area contributed by atoms with Gasteiger partial charge in [0.05, 0.1) is 0 Å². The van der Waals surface area contributed by atoms with Gasteiger partial charge in [-0.1, -0.05) is 13.3 Å². The summed E-state index contributed by atoms with van der Waals surface area (Å²) in [5.74, 6) is -0.237. The number of Topliss-reactive ketones (excluding diaryl/α,β-unsaturated/α-hetero) is 1. The summed E-state index contributed by atoms with van der Waals surface area (Å²) in [7, 11) is 0. The first kappa shape index (κ1) is 15.4. The van der Waals surface area contributed by atoms with E-state index in [1.165, 1.54) is 6.92 Å². The molecule has 1 rings (SSSR count). The largest absolute Gasteiger partial charge is 0.396 e. The van der Waals surface area contributed by atoms with Gasteiger partial charge in [-0.05, 0) is 32.3 Å². The number of rotatable bonds is 7. The Bertz CT molecular complexity index is 464. The molecule has 0 aliphatic rings. The Morgan fingerprint density at radius 2 is 2.05 bits per heavy atom.